The lowest BCUT2D eigenvalue weighted by molar-refractivity contribution is -0.251. The van der Waals surface area contributed by atoms with Gasteiger partial charge in [-0.25, -0.2) is 0 Å². The van der Waals surface area contributed by atoms with Crippen molar-refractivity contribution in [1.82, 2.24) is 0 Å². The first kappa shape index (κ1) is 30.9. The molecule has 0 aliphatic heterocycles. The number of aromatic hydroxyl groups is 1. The molecule has 6 rings (SSSR count). The summed E-state index contributed by atoms with van der Waals surface area (Å²) in [5, 5.41) is 31.7. The minimum atomic E-state index is -0.744. The molecule has 0 amide bonds. The largest absolute Gasteiger partial charge is 0.508 e. The van der Waals surface area contributed by atoms with E-state index in [1.807, 2.05) is 18.2 Å². The summed E-state index contributed by atoms with van der Waals surface area (Å²) >= 11 is 0. The fourth-order valence-electron chi connectivity index (χ4n) is 12.5. The van der Waals surface area contributed by atoms with Crippen molar-refractivity contribution < 1.29 is 24.9 Å². The number of carbonyl (C=O) groups excluding carboxylic acids is 1. The van der Waals surface area contributed by atoms with Crippen LogP contribution in [0.1, 0.15) is 118 Å². The Kier molecular flexibility index (Phi) is 7.13. The van der Waals surface area contributed by atoms with Crippen molar-refractivity contribution >= 4 is 17.8 Å². The molecule has 9 atom stereocenters. The van der Waals surface area contributed by atoms with Crippen molar-refractivity contribution in [2.24, 2.45) is 56.2 Å². The van der Waals surface area contributed by atoms with E-state index in [1.54, 1.807) is 18.2 Å². The Balaban J connectivity index is 1.49. The van der Waals surface area contributed by atoms with E-state index in [0.717, 1.165) is 56.9 Å². The maximum absolute atomic E-state index is 15.1. The van der Waals surface area contributed by atoms with Gasteiger partial charge in [0.2, 0.25) is 0 Å². The van der Waals surface area contributed by atoms with Gasteiger partial charge in [0.25, 0.3) is 0 Å². The Bertz CT molecular complexity index is 1310. The van der Waals surface area contributed by atoms with Gasteiger partial charge in [0.1, 0.15) is 5.75 Å². The maximum atomic E-state index is 15.1. The minimum Gasteiger partial charge on any atom is -0.508 e. The van der Waals surface area contributed by atoms with Crippen LogP contribution >= 0.6 is 0 Å². The number of fused-ring (bicyclic) bond motifs is 7. The number of hydrogen-bond acceptors (Lipinski definition) is 4. The summed E-state index contributed by atoms with van der Waals surface area (Å²) in [6, 6.07) is 6.97. The van der Waals surface area contributed by atoms with Crippen molar-refractivity contribution in [2.45, 2.75) is 118 Å². The number of aliphatic carboxylic acids is 1. The van der Waals surface area contributed by atoms with Crippen LogP contribution in [0.15, 0.2) is 30.3 Å². The smallest absolute Gasteiger partial charge is 0.309 e. The van der Waals surface area contributed by atoms with Crippen LogP contribution in [-0.2, 0) is 9.59 Å². The molecule has 5 heteroatoms. The lowest BCUT2D eigenvalue weighted by Gasteiger charge is -2.73. The predicted octanol–water partition coefficient (Wildman–Crippen LogP) is 8.28. The SMILES string of the molecule is CC1(C)CC[C@]2(C(=O)O)CC[C@]3(C(=O)/C=C/c4ccc(O)cc4)[C@H](CC[C@@H]4[C@@]5(C)CC[C@H](O)C(C)(C)[C@@H]5CC[C@]43C)[C@@H]2C1. The van der Waals surface area contributed by atoms with Gasteiger partial charge in [-0.05, 0) is 140 Å². The second-order valence-corrected chi connectivity index (χ2v) is 17.3. The quantitative estimate of drug-likeness (QED) is 0.307. The van der Waals surface area contributed by atoms with Crippen LogP contribution in [0.3, 0.4) is 0 Å². The highest BCUT2D eigenvalue weighted by Crippen LogP contribution is 2.77. The fourth-order valence-corrected chi connectivity index (χ4v) is 12.5. The van der Waals surface area contributed by atoms with Crippen LogP contribution in [0, 0.1) is 56.2 Å². The van der Waals surface area contributed by atoms with Gasteiger partial charge < -0.3 is 15.3 Å². The van der Waals surface area contributed by atoms with Crippen molar-refractivity contribution in [3.8, 4) is 5.75 Å². The summed E-state index contributed by atoms with van der Waals surface area (Å²) < 4.78 is 0. The lowest BCUT2D eigenvalue weighted by atomic mass is 9.30. The highest BCUT2D eigenvalue weighted by molar-refractivity contribution is 5.99. The van der Waals surface area contributed by atoms with Crippen LogP contribution in [0.25, 0.3) is 6.08 Å². The number of carboxylic acid groups (broad SMARTS) is 1. The van der Waals surface area contributed by atoms with E-state index in [-0.39, 0.29) is 51.1 Å². The standard InChI is InChI=1S/C38H54O5/c1-33(2)19-20-37(32(42)43)21-22-38(31(41)14-9-24-7-10-25(39)11-8-24)26(27(37)23-33)12-13-29-35(5)17-16-30(40)34(3,4)28(35)15-18-36(29,38)6/h7-11,14,26-30,39-40H,12-13,15-23H2,1-6H3,(H,42,43)/b14-9+/t26-,27+,28+,29-,30+,35+,36-,37+,38-/m1/s1. The van der Waals surface area contributed by atoms with Gasteiger partial charge in [-0.1, -0.05) is 59.8 Å². The van der Waals surface area contributed by atoms with E-state index in [2.05, 4.69) is 41.5 Å². The Morgan fingerprint density at radius 3 is 2.14 bits per heavy atom. The molecule has 0 bridgehead atoms. The highest BCUT2D eigenvalue weighted by Gasteiger charge is 2.74. The van der Waals surface area contributed by atoms with E-state index in [4.69, 9.17) is 0 Å². The Morgan fingerprint density at radius 2 is 1.47 bits per heavy atom. The van der Waals surface area contributed by atoms with Gasteiger partial charge in [-0.3, -0.25) is 9.59 Å². The normalized spacial score (nSPS) is 44.9. The molecule has 5 nitrogen and oxygen atoms in total. The molecular formula is C38H54O5. The van der Waals surface area contributed by atoms with E-state index < -0.39 is 16.8 Å². The summed E-state index contributed by atoms with van der Waals surface area (Å²) in [7, 11) is 0. The monoisotopic (exact) mass is 590 g/mol. The number of aliphatic hydroxyl groups excluding tert-OH is 1. The van der Waals surface area contributed by atoms with Crippen molar-refractivity contribution in [3.05, 3.63) is 35.9 Å². The van der Waals surface area contributed by atoms with E-state index >= 15 is 4.79 Å². The summed E-state index contributed by atoms with van der Waals surface area (Å²) in [5.41, 5.74) is -0.809. The van der Waals surface area contributed by atoms with Crippen LogP contribution in [0.5, 0.6) is 5.75 Å². The maximum Gasteiger partial charge on any atom is 0.309 e. The zero-order valence-electron chi connectivity index (χ0n) is 27.3. The summed E-state index contributed by atoms with van der Waals surface area (Å²) in [6.07, 6.45) is 12.8. The molecule has 0 radical (unpaired) electrons. The number of benzene rings is 1. The second-order valence-electron chi connectivity index (χ2n) is 17.3. The molecule has 236 valence electrons. The van der Waals surface area contributed by atoms with Gasteiger partial charge in [0.15, 0.2) is 5.78 Å². The second kappa shape index (κ2) is 9.93. The summed E-state index contributed by atoms with van der Waals surface area (Å²) in [4.78, 5) is 28.3. The fraction of sp³-hybridized carbons (Fsp3) is 0.737. The molecule has 0 heterocycles. The van der Waals surface area contributed by atoms with Gasteiger partial charge in [-0.15, -0.1) is 0 Å². The van der Waals surface area contributed by atoms with Crippen molar-refractivity contribution in [3.63, 3.8) is 0 Å². The molecule has 0 aromatic heterocycles. The molecule has 43 heavy (non-hydrogen) atoms. The van der Waals surface area contributed by atoms with Crippen molar-refractivity contribution in [1.29, 1.82) is 0 Å². The average molecular weight is 591 g/mol. The van der Waals surface area contributed by atoms with Crippen LogP contribution in [-0.4, -0.2) is 33.2 Å². The van der Waals surface area contributed by atoms with Crippen LogP contribution in [0.2, 0.25) is 0 Å². The number of allylic oxidation sites excluding steroid dienone is 1. The van der Waals surface area contributed by atoms with E-state index in [9.17, 15) is 20.1 Å². The zero-order valence-corrected chi connectivity index (χ0v) is 27.3. The zero-order chi connectivity index (χ0) is 31.2. The molecule has 0 spiro atoms. The molecular weight excluding hydrogens is 536 g/mol. The molecule has 0 unspecified atom stereocenters. The number of hydrogen-bond donors (Lipinski definition) is 3. The first-order valence-electron chi connectivity index (χ1n) is 17.0. The van der Waals surface area contributed by atoms with Gasteiger partial charge in [0.05, 0.1) is 11.5 Å². The first-order chi connectivity index (χ1) is 20.0. The van der Waals surface area contributed by atoms with Gasteiger partial charge in [-0.2, -0.15) is 0 Å². The number of aliphatic hydroxyl groups is 1. The van der Waals surface area contributed by atoms with Crippen LogP contribution in [0.4, 0.5) is 0 Å². The predicted molar refractivity (Wildman–Crippen MR) is 169 cm³/mol. The third-order valence-electron chi connectivity index (χ3n) is 14.8. The molecule has 5 fully saturated rings. The molecule has 5 aliphatic carbocycles. The third kappa shape index (κ3) is 4.26. The highest BCUT2D eigenvalue weighted by atomic mass is 16.4. The Labute approximate surface area is 258 Å². The minimum absolute atomic E-state index is 0.0125. The number of phenolic OH excluding ortho intramolecular Hbond substituents is 1. The van der Waals surface area contributed by atoms with Gasteiger partial charge in [0, 0.05) is 5.41 Å². The first-order valence-corrected chi connectivity index (χ1v) is 17.0. The van der Waals surface area contributed by atoms with Crippen molar-refractivity contribution in [2.75, 3.05) is 0 Å². The van der Waals surface area contributed by atoms with Gasteiger partial charge >= 0.3 is 5.97 Å². The van der Waals surface area contributed by atoms with E-state index in [0.29, 0.717) is 31.1 Å². The van der Waals surface area contributed by atoms with E-state index in [1.165, 1.54) is 0 Å². The molecule has 1 aromatic carbocycles. The number of carbonyl (C=O) groups is 2. The van der Waals surface area contributed by atoms with Crippen LogP contribution < -0.4 is 0 Å². The number of ketones is 1. The number of carboxylic acids is 1. The molecule has 5 aliphatic rings. The summed E-state index contributed by atoms with van der Waals surface area (Å²) in [5.74, 6) is 0.499. The topological polar surface area (TPSA) is 94.8 Å². The molecule has 5 saturated carbocycles. The number of rotatable bonds is 4. The summed E-state index contributed by atoms with van der Waals surface area (Å²) in [6.45, 7) is 14.0. The number of phenols is 1. The molecule has 3 N–H and O–H groups in total. The molecule has 0 saturated heterocycles. The molecule has 1 aromatic rings. The lowest BCUT2D eigenvalue weighted by Crippen LogP contribution is -2.70. The Hall–Kier alpha value is -2.14. The average Bonchev–Trinajstić information content (AvgIpc) is 2.94. The Morgan fingerprint density at radius 1 is 0.791 bits per heavy atom. The third-order valence-corrected chi connectivity index (χ3v) is 14.8.